The van der Waals surface area contributed by atoms with Crippen LogP contribution in [0.5, 0.6) is 0 Å². The molecule has 1 aliphatic rings. The van der Waals surface area contributed by atoms with E-state index in [4.69, 9.17) is 4.98 Å². The average molecular weight is 611 g/mol. The van der Waals surface area contributed by atoms with Gasteiger partial charge < -0.3 is 4.57 Å². The van der Waals surface area contributed by atoms with Crippen molar-refractivity contribution in [2.24, 2.45) is 0 Å². The van der Waals surface area contributed by atoms with Crippen molar-refractivity contribution in [3.63, 3.8) is 0 Å². The van der Waals surface area contributed by atoms with Crippen molar-refractivity contribution in [1.29, 1.82) is 0 Å². The largest absolute Gasteiger partial charge is 0.309 e. The van der Waals surface area contributed by atoms with E-state index in [1.165, 1.54) is 77.0 Å². The number of fused-ring (bicyclic) bond motifs is 9. The molecule has 0 atom stereocenters. The smallest absolute Gasteiger partial charge is 0.145 e. The Bertz CT molecular complexity index is 2920. The molecule has 222 valence electrons. The van der Waals surface area contributed by atoms with Gasteiger partial charge in [0.05, 0.1) is 22.1 Å². The van der Waals surface area contributed by atoms with Crippen LogP contribution in [0.3, 0.4) is 0 Å². The number of pyridine rings is 2. The van der Waals surface area contributed by atoms with Crippen LogP contribution in [-0.2, 0) is 0 Å². The van der Waals surface area contributed by atoms with Gasteiger partial charge in [-0.25, -0.2) is 4.98 Å². The Labute approximate surface area is 275 Å². The monoisotopic (exact) mass is 610 g/mol. The minimum Gasteiger partial charge on any atom is -0.309 e. The fraction of sp³-hybridized carbons (Fsp3) is 0. The molecule has 0 unspecified atom stereocenters. The minimum absolute atomic E-state index is 0.949. The first kappa shape index (κ1) is 25.6. The highest BCUT2D eigenvalue weighted by atomic mass is 15.1. The summed E-state index contributed by atoms with van der Waals surface area (Å²) in [6, 6.07) is 50.5. The van der Waals surface area contributed by atoms with Gasteiger partial charge in [0, 0.05) is 67.7 Å². The minimum atomic E-state index is 0.949. The molecule has 0 fully saturated rings. The molecule has 4 heterocycles. The third kappa shape index (κ3) is 3.38. The van der Waals surface area contributed by atoms with Crippen LogP contribution in [0.2, 0.25) is 0 Å². The first-order valence-electron chi connectivity index (χ1n) is 16.3. The van der Waals surface area contributed by atoms with Crippen molar-refractivity contribution < 1.29 is 0 Å². The molecule has 4 heteroatoms. The summed E-state index contributed by atoms with van der Waals surface area (Å²) in [7, 11) is 0. The van der Waals surface area contributed by atoms with E-state index in [0.29, 0.717) is 0 Å². The second-order valence-corrected chi connectivity index (χ2v) is 12.6. The molecule has 0 amide bonds. The maximum absolute atomic E-state index is 5.16. The second kappa shape index (κ2) is 9.50. The number of para-hydroxylation sites is 3. The van der Waals surface area contributed by atoms with E-state index >= 15 is 0 Å². The number of benzene rings is 6. The van der Waals surface area contributed by atoms with Crippen LogP contribution < -0.4 is 0 Å². The summed E-state index contributed by atoms with van der Waals surface area (Å²) in [5, 5.41) is 7.33. The summed E-state index contributed by atoms with van der Waals surface area (Å²) in [6.45, 7) is 0. The first-order valence-corrected chi connectivity index (χ1v) is 16.3. The molecule has 6 aromatic carbocycles. The van der Waals surface area contributed by atoms with Gasteiger partial charge in [0.1, 0.15) is 5.82 Å². The molecule has 0 saturated heterocycles. The molecule has 0 aliphatic heterocycles. The van der Waals surface area contributed by atoms with E-state index < -0.39 is 0 Å². The summed E-state index contributed by atoms with van der Waals surface area (Å²) in [4.78, 5) is 9.60. The predicted molar refractivity (Wildman–Crippen MR) is 198 cm³/mol. The van der Waals surface area contributed by atoms with Gasteiger partial charge >= 0.3 is 0 Å². The molecule has 48 heavy (non-hydrogen) atoms. The van der Waals surface area contributed by atoms with E-state index in [1.54, 1.807) is 0 Å². The molecule has 4 aromatic heterocycles. The van der Waals surface area contributed by atoms with Crippen LogP contribution in [0.4, 0.5) is 0 Å². The predicted octanol–water partition coefficient (Wildman–Crippen LogP) is 11.1. The average Bonchev–Trinajstić information content (AvgIpc) is 3.78. The maximum atomic E-state index is 5.16. The fourth-order valence-electron chi connectivity index (χ4n) is 8.13. The van der Waals surface area contributed by atoms with Crippen LogP contribution in [0.15, 0.2) is 158 Å². The van der Waals surface area contributed by atoms with Crippen molar-refractivity contribution >= 4 is 54.4 Å². The molecule has 10 aromatic rings. The highest BCUT2D eigenvalue weighted by Gasteiger charge is 2.25. The van der Waals surface area contributed by atoms with Crippen molar-refractivity contribution in [3.8, 4) is 44.9 Å². The van der Waals surface area contributed by atoms with Crippen molar-refractivity contribution in [1.82, 2.24) is 19.1 Å². The van der Waals surface area contributed by atoms with Crippen molar-refractivity contribution in [2.75, 3.05) is 0 Å². The topological polar surface area (TPSA) is 35.6 Å². The number of hydrogen-bond donors (Lipinski definition) is 0. The van der Waals surface area contributed by atoms with Crippen LogP contribution in [0.1, 0.15) is 0 Å². The summed E-state index contributed by atoms with van der Waals surface area (Å²) in [5.74, 6) is 0.949. The first-order chi connectivity index (χ1) is 23.8. The van der Waals surface area contributed by atoms with E-state index in [9.17, 15) is 0 Å². The molecule has 11 rings (SSSR count). The lowest BCUT2D eigenvalue weighted by molar-refractivity contribution is 1.10. The number of hydrogen-bond acceptors (Lipinski definition) is 2. The van der Waals surface area contributed by atoms with E-state index in [2.05, 4.69) is 154 Å². The number of nitrogens with zero attached hydrogens (tertiary/aromatic N) is 4. The van der Waals surface area contributed by atoms with Gasteiger partial charge in [0.15, 0.2) is 0 Å². The molecular formula is C44H26N4. The molecule has 0 saturated carbocycles. The Hall–Kier alpha value is -6.52. The van der Waals surface area contributed by atoms with E-state index in [-0.39, 0.29) is 0 Å². The molecule has 0 radical (unpaired) electrons. The molecule has 1 aliphatic carbocycles. The van der Waals surface area contributed by atoms with Gasteiger partial charge in [-0.15, -0.1) is 0 Å². The van der Waals surface area contributed by atoms with Gasteiger partial charge in [-0.1, -0.05) is 84.9 Å². The molecule has 0 bridgehead atoms. The summed E-state index contributed by atoms with van der Waals surface area (Å²) in [5.41, 5.74) is 13.1. The lowest BCUT2D eigenvalue weighted by Crippen LogP contribution is -1.99. The number of aromatic nitrogens is 4. The van der Waals surface area contributed by atoms with Crippen LogP contribution >= 0.6 is 0 Å². The summed E-state index contributed by atoms with van der Waals surface area (Å²) in [6.07, 6.45) is 5.89. The second-order valence-electron chi connectivity index (χ2n) is 12.6. The van der Waals surface area contributed by atoms with Crippen LogP contribution in [0, 0.1) is 0 Å². The van der Waals surface area contributed by atoms with Gasteiger partial charge in [0.2, 0.25) is 0 Å². The highest BCUT2D eigenvalue weighted by Crippen LogP contribution is 2.48. The zero-order chi connectivity index (χ0) is 31.3. The van der Waals surface area contributed by atoms with E-state index in [0.717, 1.165) is 22.2 Å². The van der Waals surface area contributed by atoms with Crippen molar-refractivity contribution in [3.05, 3.63) is 158 Å². The van der Waals surface area contributed by atoms with Gasteiger partial charge in [-0.3, -0.25) is 9.55 Å². The zero-order valence-electron chi connectivity index (χ0n) is 25.8. The third-order valence-corrected chi connectivity index (χ3v) is 10.2. The van der Waals surface area contributed by atoms with Crippen LogP contribution in [-0.4, -0.2) is 19.1 Å². The van der Waals surface area contributed by atoms with E-state index in [1.807, 2.05) is 18.6 Å². The standard InChI is InChI=1S/C44H26N4/c1-2-9-29(10-3-1)47-39-15-6-4-11-31(39)35-23-27(17-19-41(35)47)28-18-20-42-36(24-28)32-12-5-7-16-40(32)48(42)44-34-14-8-13-33-37-25-45-22-21-30(37)38(26-46-44)43(33)34/h1-26H. The fourth-order valence-corrected chi connectivity index (χ4v) is 8.13. The molecule has 0 N–H and O–H groups in total. The lowest BCUT2D eigenvalue weighted by atomic mass is 10.0. The summed E-state index contributed by atoms with van der Waals surface area (Å²) >= 11 is 0. The third-order valence-electron chi connectivity index (χ3n) is 10.2. The Balaban J connectivity index is 1.13. The summed E-state index contributed by atoms with van der Waals surface area (Å²) < 4.78 is 4.71. The highest BCUT2D eigenvalue weighted by molar-refractivity contribution is 6.18. The Kier molecular flexibility index (Phi) is 5.08. The van der Waals surface area contributed by atoms with Crippen LogP contribution in [0.25, 0.3) is 99.3 Å². The zero-order valence-corrected chi connectivity index (χ0v) is 25.8. The SMILES string of the molecule is c1ccc(-n2c3ccccc3c3cc(-c4ccc5c(c4)c4ccccc4n5-c4ncc5c6c(cccc46)-c4cnccc4-5)ccc32)cc1. The molecular weight excluding hydrogens is 585 g/mol. The van der Waals surface area contributed by atoms with Gasteiger partial charge in [0.25, 0.3) is 0 Å². The Morgan fingerprint density at radius 2 is 1.02 bits per heavy atom. The lowest BCUT2D eigenvalue weighted by Gasteiger charge is -2.12. The normalized spacial score (nSPS) is 12.2. The maximum Gasteiger partial charge on any atom is 0.145 e. The molecule has 0 spiro atoms. The van der Waals surface area contributed by atoms with Gasteiger partial charge in [-0.2, -0.15) is 0 Å². The Morgan fingerprint density at radius 3 is 1.77 bits per heavy atom. The Morgan fingerprint density at radius 1 is 0.396 bits per heavy atom. The van der Waals surface area contributed by atoms with Crippen molar-refractivity contribution in [2.45, 2.75) is 0 Å². The number of rotatable bonds is 3. The molecule has 4 nitrogen and oxygen atoms in total. The quantitative estimate of drug-likeness (QED) is 0.199. The van der Waals surface area contributed by atoms with Gasteiger partial charge in [-0.05, 0) is 76.9 Å².